The largest absolute Gasteiger partial charge is 0.325 e. The van der Waals surface area contributed by atoms with E-state index in [9.17, 15) is 9.59 Å². The minimum atomic E-state index is -0.227. The minimum Gasteiger partial charge on any atom is -0.325 e. The summed E-state index contributed by atoms with van der Waals surface area (Å²) in [6.45, 7) is 3.66. The number of nitrogens with one attached hydrogen (secondary N) is 2. The lowest BCUT2D eigenvalue weighted by molar-refractivity contribution is -0.113. The van der Waals surface area contributed by atoms with Crippen molar-refractivity contribution < 1.29 is 4.79 Å². The van der Waals surface area contributed by atoms with E-state index in [-0.39, 0.29) is 17.2 Å². The molecule has 0 fully saturated rings. The van der Waals surface area contributed by atoms with E-state index in [1.165, 1.54) is 11.8 Å². The van der Waals surface area contributed by atoms with Gasteiger partial charge in [-0.15, -0.1) is 0 Å². The van der Waals surface area contributed by atoms with Crippen LogP contribution in [0, 0.1) is 6.92 Å². The van der Waals surface area contributed by atoms with Crippen LogP contribution in [0.25, 0.3) is 0 Å². The van der Waals surface area contributed by atoms with Crippen molar-refractivity contribution in [1.29, 1.82) is 0 Å². The molecule has 2 aromatic rings. The fourth-order valence-electron chi connectivity index (χ4n) is 1.87. The van der Waals surface area contributed by atoms with Gasteiger partial charge in [-0.2, -0.15) is 0 Å². The lowest BCUT2D eigenvalue weighted by Gasteiger charge is -2.07. The number of aromatic nitrogens is 2. The van der Waals surface area contributed by atoms with Crippen LogP contribution in [0.5, 0.6) is 0 Å². The van der Waals surface area contributed by atoms with Gasteiger partial charge < -0.3 is 10.3 Å². The average Bonchev–Trinajstić information content (AvgIpc) is 2.52. The predicted octanol–water partition coefficient (Wildman–Crippen LogP) is 3.68. The fraction of sp³-hybridized carbons (Fsp3) is 0.267. The third-order valence-electron chi connectivity index (χ3n) is 3.11. The maximum absolute atomic E-state index is 12.0. The lowest BCUT2D eigenvalue weighted by Crippen LogP contribution is -2.18. The van der Waals surface area contributed by atoms with E-state index >= 15 is 0 Å². The van der Waals surface area contributed by atoms with Crippen LogP contribution < -0.4 is 10.9 Å². The SMILES string of the molecule is CCc1nc(SCC(=O)Nc2ccc(Cl)c(Cl)c2)[nH]c(=O)c1C. The van der Waals surface area contributed by atoms with Crippen molar-refractivity contribution in [3.63, 3.8) is 0 Å². The molecule has 23 heavy (non-hydrogen) atoms. The van der Waals surface area contributed by atoms with Gasteiger partial charge in [-0.25, -0.2) is 4.98 Å². The summed E-state index contributed by atoms with van der Waals surface area (Å²) < 4.78 is 0. The zero-order valence-corrected chi connectivity index (χ0v) is 14.9. The van der Waals surface area contributed by atoms with Crippen molar-refractivity contribution in [2.24, 2.45) is 0 Å². The van der Waals surface area contributed by atoms with Gasteiger partial charge in [0.05, 0.1) is 21.5 Å². The van der Waals surface area contributed by atoms with Crippen LogP contribution in [0.3, 0.4) is 0 Å². The molecule has 1 aromatic carbocycles. The summed E-state index contributed by atoms with van der Waals surface area (Å²) in [4.78, 5) is 30.8. The van der Waals surface area contributed by atoms with Crippen molar-refractivity contribution >= 4 is 46.6 Å². The van der Waals surface area contributed by atoms with Crippen molar-refractivity contribution in [3.05, 3.63) is 49.9 Å². The second kappa shape index (κ2) is 7.86. The van der Waals surface area contributed by atoms with E-state index in [1.54, 1.807) is 25.1 Å². The number of hydrogen-bond donors (Lipinski definition) is 2. The van der Waals surface area contributed by atoms with Crippen LogP contribution >= 0.6 is 35.0 Å². The summed E-state index contributed by atoms with van der Waals surface area (Å²) in [6.07, 6.45) is 0.665. The van der Waals surface area contributed by atoms with Crippen molar-refractivity contribution in [2.75, 3.05) is 11.1 Å². The highest BCUT2D eigenvalue weighted by Gasteiger charge is 2.09. The number of amides is 1. The van der Waals surface area contributed by atoms with E-state index < -0.39 is 0 Å². The number of halogens is 2. The monoisotopic (exact) mass is 371 g/mol. The first-order chi connectivity index (χ1) is 10.9. The maximum Gasteiger partial charge on any atom is 0.254 e. The number of carbonyl (C=O) groups is 1. The Balaban J connectivity index is 2.00. The summed E-state index contributed by atoms with van der Waals surface area (Å²) in [5, 5.41) is 3.94. The van der Waals surface area contributed by atoms with Crippen molar-refractivity contribution in [1.82, 2.24) is 9.97 Å². The van der Waals surface area contributed by atoms with Crippen LogP contribution in [0.15, 0.2) is 28.2 Å². The van der Waals surface area contributed by atoms with Gasteiger partial charge in [-0.1, -0.05) is 41.9 Å². The molecule has 0 saturated carbocycles. The zero-order chi connectivity index (χ0) is 17.0. The number of nitrogens with zero attached hydrogens (tertiary/aromatic N) is 1. The summed E-state index contributed by atoms with van der Waals surface area (Å²) >= 11 is 12.9. The van der Waals surface area contributed by atoms with Crippen molar-refractivity contribution in [2.45, 2.75) is 25.4 Å². The second-order valence-corrected chi connectivity index (χ2v) is 6.54. The third-order valence-corrected chi connectivity index (χ3v) is 4.72. The molecule has 0 spiro atoms. The molecule has 2 N–H and O–H groups in total. The van der Waals surface area contributed by atoms with Gasteiger partial charge in [-0.05, 0) is 31.5 Å². The molecule has 0 aliphatic heterocycles. The topological polar surface area (TPSA) is 74.8 Å². The number of thioether (sulfide) groups is 1. The summed E-state index contributed by atoms with van der Waals surface area (Å²) in [7, 11) is 0. The Morgan fingerprint density at radius 1 is 1.35 bits per heavy atom. The van der Waals surface area contributed by atoms with Gasteiger partial charge in [-0.3, -0.25) is 9.59 Å². The van der Waals surface area contributed by atoms with E-state index in [0.29, 0.717) is 32.9 Å². The molecule has 0 bridgehead atoms. The number of rotatable bonds is 5. The number of hydrogen-bond acceptors (Lipinski definition) is 4. The third kappa shape index (κ3) is 4.73. The Labute approximate surface area is 147 Å². The van der Waals surface area contributed by atoms with E-state index in [0.717, 1.165) is 5.69 Å². The van der Waals surface area contributed by atoms with Crippen molar-refractivity contribution in [3.8, 4) is 0 Å². The smallest absolute Gasteiger partial charge is 0.254 e. The molecule has 0 unspecified atom stereocenters. The molecule has 0 atom stereocenters. The molecule has 5 nitrogen and oxygen atoms in total. The molecule has 0 aliphatic carbocycles. The Bertz CT molecular complexity index is 793. The van der Waals surface area contributed by atoms with Crippen LogP contribution in [0.4, 0.5) is 5.69 Å². The molecular weight excluding hydrogens is 357 g/mol. The van der Waals surface area contributed by atoms with Gasteiger partial charge in [0.2, 0.25) is 5.91 Å². The van der Waals surface area contributed by atoms with Gasteiger partial charge in [0.15, 0.2) is 5.16 Å². The number of benzene rings is 1. The standard InChI is InChI=1S/C15H15Cl2N3O2S/c1-3-12-8(2)14(22)20-15(19-12)23-7-13(21)18-9-4-5-10(16)11(17)6-9/h4-6H,3,7H2,1-2H3,(H,18,21)(H,19,20,22). The Morgan fingerprint density at radius 2 is 2.09 bits per heavy atom. The van der Waals surface area contributed by atoms with Gasteiger partial charge in [0.25, 0.3) is 5.56 Å². The molecule has 2 rings (SSSR count). The molecular formula is C15H15Cl2N3O2S. The highest BCUT2D eigenvalue weighted by atomic mass is 35.5. The molecule has 8 heteroatoms. The van der Waals surface area contributed by atoms with Crippen LogP contribution in [-0.4, -0.2) is 21.6 Å². The zero-order valence-electron chi connectivity index (χ0n) is 12.6. The van der Waals surface area contributed by atoms with Gasteiger partial charge >= 0.3 is 0 Å². The number of aryl methyl sites for hydroxylation is 1. The van der Waals surface area contributed by atoms with E-state index in [1.807, 2.05) is 6.92 Å². The van der Waals surface area contributed by atoms with Gasteiger partial charge in [0, 0.05) is 11.3 Å². The second-order valence-electron chi connectivity index (χ2n) is 4.76. The normalized spacial score (nSPS) is 10.6. The first-order valence-electron chi connectivity index (χ1n) is 6.88. The molecule has 1 amide bonds. The lowest BCUT2D eigenvalue weighted by atomic mass is 10.2. The number of anilines is 1. The Hall–Kier alpha value is -1.50. The first-order valence-corrected chi connectivity index (χ1v) is 8.62. The summed E-state index contributed by atoms with van der Waals surface area (Å²) in [5.74, 6) is -0.107. The fourth-order valence-corrected chi connectivity index (χ4v) is 2.85. The highest BCUT2D eigenvalue weighted by molar-refractivity contribution is 7.99. The van der Waals surface area contributed by atoms with Gasteiger partial charge in [0.1, 0.15) is 0 Å². The molecule has 0 aliphatic rings. The molecule has 1 heterocycles. The van der Waals surface area contributed by atoms with E-state index in [4.69, 9.17) is 23.2 Å². The van der Waals surface area contributed by atoms with E-state index in [2.05, 4.69) is 15.3 Å². The number of aromatic amines is 1. The highest BCUT2D eigenvalue weighted by Crippen LogP contribution is 2.25. The predicted molar refractivity (Wildman–Crippen MR) is 94.8 cm³/mol. The Morgan fingerprint density at radius 3 is 2.74 bits per heavy atom. The molecule has 1 aromatic heterocycles. The number of carbonyl (C=O) groups excluding carboxylic acids is 1. The molecule has 0 saturated heterocycles. The Kier molecular flexibility index (Phi) is 6.10. The summed E-state index contributed by atoms with van der Waals surface area (Å²) in [5.41, 5.74) is 1.73. The number of H-pyrrole nitrogens is 1. The molecule has 0 radical (unpaired) electrons. The summed E-state index contributed by atoms with van der Waals surface area (Å²) in [6, 6.07) is 4.85. The van der Waals surface area contributed by atoms with Crippen LogP contribution in [-0.2, 0) is 11.2 Å². The molecule has 122 valence electrons. The maximum atomic E-state index is 12.0. The minimum absolute atomic E-state index is 0.120. The van der Waals surface area contributed by atoms with Crippen LogP contribution in [0.1, 0.15) is 18.2 Å². The quantitative estimate of drug-likeness (QED) is 0.620. The average molecular weight is 372 g/mol. The first kappa shape index (κ1) is 17.8. The van der Waals surface area contributed by atoms with Crippen LogP contribution in [0.2, 0.25) is 10.0 Å².